The quantitative estimate of drug-likeness (QED) is 0.822. The standard InChI is InChI=1S/C18H18FNOS/c1-12-3-8-16(13(2)11-12)18-20(9-10-22-18)17(21)14-4-6-15(19)7-5-14/h3-8,11,18H,9-10H2,1-2H3. The Kier molecular flexibility index (Phi) is 4.21. The second kappa shape index (κ2) is 6.13. The Morgan fingerprint density at radius 2 is 1.91 bits per heavy atom. The highest BCUT2D eigenvalue weighted by Gasteiger charge is 2.32. The number of rotatable bonds is 2. The molecule has 1 unspecified atom stereocenters. The monoisotopic (exact) mass is 315 g/mol. The van der Waals surface area contributed by atoms with Crippen molar-refractivity contribution in [2.75, 3.05) is 12.3 Å². The van der Waals surface area contributed by atoms with Crippen molar-refractivity contribution in [1.82, 2.24) is 4.90 Å². The number of carbonyl (C=O) groups is 1. The molecule has 1 aliphatic rings. The van der Waals surface area contributed by atoms with Crippen LogP contribution >= 0.6 is 11.8 Å². The number of benzene rings is 2. The van der Waals surface area contributed by atoms with Crippen LogP contribution in [0.1, 0.15) is 32.4 Å². The molecule has 0 bridgehead atoms. The number of hydrogen-bond acceptors (Lipinski definition) is 2. The first-order valence-corrected chi connectivity index (χ1v) is 8.36. The molecule has 1 atom stereocenters. The molecule has 0 spiro atoms. The largest absolute Gasteiger partial charge is 0.322 e. The first kappa shape index (κ1) is 15.1. The van der Waals surface area contributed by atoms with E-state index in [0.29, 0.717) is 5.56 Å². The summed E-state index contributed by atoms with van der Waals surface area (Å²) in [4.78, 5) is 14.6. The van der Waals surface area contributed by atoms with Crippen LogP contribution in [-0.4, -0.2) is 23.1 Å². The zero-order chi connectivity index (χ0) is 15.7. The van der Waals surface area contributed by atoms with Crippen LogP contribution in [0, 0.1) is 19.7 Å². The second-order valence-corrected chi connectivity index (χ2v) is 6.78. The van der Waals surface area contributed by atoms with E-state index in [0.717, 1.165) is 12.3 Å². The van der Waals surface area contributed by atoms with Crippen molar-refractivity contribution < 1.29 is 9.18 Å². The first-order valence-electron chi connectivity index (χ1n) is 7.31. The highest BCUT2D eigenvalue weighted by molar-refractivity contribution is 7.99. The van der Waals surface area contributed by atoms with Gasteiger partial charge in [-0.15, -0.1) is 11.8 Å². The van der Waals surface area contributed by atoms with E-state index < -0.39 is 0 Å². The fourth-order valence-electron chi connectivity index (χ4n) is 2.80. The molecule has 2 aromatic carbocycles. The molecule has 0 saturated carbocycles. The number of halogens is 1. The minimum absolute atomic E-state index is 0.0324. The second-order valence-electron chi connectivity index (χ2n) is 5.59. The van der Waals surface area contributed by atoms with E-state index in [9.17, 15) is 9.18 Å². The van der Waals surface area contributed by atoms with E-state index in [2.05, 4.69) is 32.0 Å². The molecule has 4 heteroatoms. The van der Waals surface area contributed by atoms with Gasteiger partial charge in [-0.25, -0.2) is 4.39 Å². The Bertz CT molecular complexity index is 699. The van der Waals surface area contributed by atoms with E-state index in [1.807, 2.05) is 4.90 Å². The molecule has 1 heterocycles. The summed E-state index contributed by atoms with van der Waals surface area (Å²) >= 11 is 1.78. The number of aryl methyl sites for hydroxylation is 2. The van der Waals surface area contributed by atoms with E-state index in [4.69, 9.17) is 0 Å². The molecule has 22 heavy (non-hydrogen) atoms. The van der Waals surface area contributed by atoms with Gasteiger partial charge < -0.3 is 4.90 Å². The van der Waals surface area contributed by atoms with Gasteiger partial charge >= 0.3 is 0 Å². The summed E-state index contributed by atoms with van der Waals surface area (Å²) in [7, 11) is 0. The molecule has 1 saturated heterocycles. The number of nitrogens with zero attached hydrogens (tertiary/aromatic N) is 1. The normalized spacial score (nSPS) is 17.8. The van der Waals surface area contributed by atoms with Crippen LogP contribution in [-0.2, 0) is 0 Å². The highest BCUT2D eigenvalue weighted by Crippen LogP contribution is 2.40. The van der Waals surface area contributed by atoms with E-state index >= 15 is 0 Å². The van der Waals surface area contributed by atoms with Crippen molar-refractivity contribution in [3.8, 4) is 0 Å². The Morgan fingerprint density at radius 3 is 2.59 bits per heavy atom. The Labute approximate surface area is 134 Å². The van der Waals surface area contributed by atoms with Crippen LogP contribution in [0.4, 0.5) is 4.39 Å². The van der Waals surface area contributed by atoms with Gasteiger partial charge in [0.05, 0.1) is 0 Å². The lowest BCUT2D eigenvalue weighted by molar-refractivity contribution is 0.0760. The summed E-state index contributed by atoms with van der Waals surface area (Å²) < 4.78 is 13.0. The van der Waals surface area contributed by atoms with Crippen molar-refractivity contribution in [2.24, 2.45) is 0 Å². The fraction of sp³-hybridized carbons (Fsp3) is 0.278. The van der Waals surface area contributed by atoms with E-state index in [-0.39, 0.29) is 17.1 Å². The SMILES string of the molecule is Cc1ccc(C2SCCN2C(=O)c2ccc(F)cc2)c(C)c1. The van der Waals surface area contributed by atoms with Gasteiger partial charge in [-0.1, -0.05) is 23.8 Å². The average molecular weight is 315 g/mol. The maximum absolute atomic E-state index is 13.0. The molecule has 1 amide bonds. The summed E-state index contributed by atoms with van der Waals surface area (Å²) in [5.74, 6) is 0.568. The molecule has 0 N–H and O–H groups in total. The van der Waals surface area contributed by atoms with Gasteiger partial charge in [0.25, 0.3) is 5.91 Å². The van der Waals surface area contributed by atoms with Gasteiger partial charge in [-0.05, 0) is 49.2 Å². The van der Waals surface area contributed by atoms with Crippen LogP contribution in [0.25, 0.3) is 0 Å². The van der Waals surface area contributed by atoms with Gasteiger partial charge in [0.15, 0.2) is 0 Å². The van der Waals surface area contributed by atoms with Crippen molar-refractivity contribution in [3.05, 3.63) is 70.5 Å². The van der Waals surface area contributed by atoms with Crippen LogP contribution in [0.3, 0.4) is 0 Å². The zero-order valence-corrected chi connectivity index (χ0v) is 13.5. The number of thioether (sulfide) groups is 1. The minimum atomic E-state index is -0.321. The number of hydrogen-bond donors (Lipinski definition) is 0. The lowest BCUT2D eigenvalue weighted by Crippen LogP contribution is -2.30. The maximum atomic E-state index is 13.0. The summed E-state index contributed by atoms with van der Waals surface area (Å²) in [5, 5.41) is 0.0400. The van der Waals surface area contributed by atoms with Crippen LogP contribution in [0.5, 0.6) is 0 Å². The van der Waals surface area contributed by atoms with Gasteiger partial charge in [0.1, 0.15) is 11.2 Å². The minimum Gasteiger partial charge on any atom is -0.322 e. The van der Waals surface area contributed by atoms with Gasteiger partial charge in [0.2, 0.25) is 0 Å². The molecule has 114 valence electrons. The topological polar surface area (TPSA) is 20.3 Å². The molecule has 1 fully saturated rings. The third-order valence-corrected chi connectivity index (χ3v) is 5.18. The lowest BCUT2D eigenvalue weighted by atomic mass is 10.0. The smallest absolute Gasteiger partial charge is 0.255 e. The molecule has 0 aromatic heterocycles. The summed E-state index contributed by atoms with van der Waals surface area (Å²) in [6.45, 7) is 4.88. The number of amides is 1. The third-order valence-electron chi connectivity index (χ3n) is 3.93. The van der Waals surface area contributed by atoms with Crippen molar-refractivity contribution in [2.45, 2.75) is 19.2 Å². The molecular weight excluding hydrogens is 297 g/mol. The molecule has 0 aliphatic carbocycles. The first-order chi connectivity index (χ1) is 10.6. The van der Waals surface area contributed by atoms with Crippen molar-refractivity contribution in [3.63, 3.8) is 0 Å². The highest BCUT2D eigenvalue weighted by atomic mass is 32.2. The Hall–Kier alpha value is -1.81. The predicted octanol–water partition coefficient (Wildman–Crippen LogP) is 4.33. The average Bonchev–Trinajstić information content (AvgIpc) is 2.96. The summed E-state index contributed by atoms with van der Waals surface area (Å²) in [5.41, 5.74) is 4.15. The third kappa shape index (κ3) is 2.88. The van der Waals surface area contributed by atoms with Gasteiger partial charge in [-0.2, -0.15) is 0 Å². The Morgan fingerprint density at radius 1 is 1.18 bits per heavy atom. The van der Waals surface area contributed by atoms with E-state index in [1.54, 1.807) is 23.9 Å². The zero-order valence-electron chi connectivity index (χ0n) is 12.7. The maximum Gasteiger partial charge on any atom is 0.255 e. The van der Waals surface area contributed by atoms with E-state index in [1.165, 1.54) is 28.8 Å². The lowest BCUT2D eigenvalue weighted by Gasteiger charge is -2.25. The molecule has 2 nitrogen and oxygen atoms in total. The van der Waals surface area contributed by atoms with Gasteiger partial charge in [-0.3, -0.25) is 4.79 Å². The van der Waals surface area contributed by atoms with Crippen LogP contribution in [0.15, 0.2) is 42.5 Å². The van der Waals surface area contributed by atoms with Crippen molar-refractivity contribution >= 4 is 17.7 Å². The van der Waals surface area contributed by atoms with Crippen LogP contribution < -0.4 is 0 Å². The molecule has 1 aliphatic heterocycles. The fourth-order valence-corrected chi connectivity index (χ4v) is 4.15. The molecule has 3 rings (SSSR count). The predicted molar refractivity (Wildman–Crippen MR) is 88.6 cm³/mol. The molecular formula is C18H18FNOS. The summed E-state index contributed by atoms with van der Waals surface area (Å²) in [6, 6.07) is 12.1. The van der Waals surface area contributed by atoms with Gasteiger partial charge in [0, 0.05) is 17.9 Å². The summed E-state index contributed by atoms with van der Waals surface area (Å²) in [6.07, 6.45) is 0. The Balaban J connectivity index is 1.89. The number of carbonyl (C=O) groups excluding carboxylic acids is 1. The van der Waals surface area contributed by atoms with Crippen molar-refractivity contribution in [1.29, 1.82) is 0 Å². The molecule has 0 radical (unpaired) electrons. The van der Waals surface area contributed by atoms with Crippen LogP contribution in [0.2, 0.25) is 0 Å². The molecule has 2 aromatic rings.